The number of halogens is 1. The van der Waals surface area contributed by atoms with Gasteiger partial charge in [-0.2, -0.15) is 5.26 Å². The summed E-state index contributed by atoms with van der Waals surface area (Å²) in [6.45, 7) is 0.666. The Morgan fingerprint density at radius 3 is 2.57 bits per heavy atom. The molecule has 0 saturated heterocycles. The lowest BCUT2D eigenvalue weighted by Gasteiger charge is -2.09. The van der Waals surface area contributed by atoms with Crippen LogP contribution in [0.5, 0.6) is 0 Å². The highest BCUT2D eigenvalue weighted by Crippen LogP contribution is 2.24. The first kappa shape index (κ1) is 13.5. The molecule has 3 aromatic carbocycles. The molecular weight excluding hydrogens is 280 g/mol. The Labute approximate surface area is 128 Å². The molecule has 0 amide bonds. The fourth-order valence-corrected chi connectivity index (χ4v) is 2.46. The molecule has 0 aliphatic carbocycles. The number of rotatable bonds is 3. The maximum absolute atomic E-state index is 8.94. The van der Waals surface area contributed by atoms with E-state index in [1.807, 2.05) is 12.1 Å². The molecule has 102 valence electrons. The van der Waals surface area contributed by atoms with Crippen LogP contribution in [0.15, 0.2) is 60.7 Å². The number of benzene rings is 3. The van der Waals surface area contributed by atoms with Gasteiger partial charge in [-0.1, -0.05) is 48.0 Å². The van der Waals surface area contributed by atoms with E-state index in [9.17, 15) is 0 Å². The molecule has 0 atom stereocenters. The highest BCUT2D eigenvalue weighted by Gasteiger charge is 2.02. The van der Waals surface area contributed by atoms with Gasteiger partial charge in [0.1, 0.15) is 0 Å². The van der Waals surface area contributed by atoms with Crippen molar-refractivity contribution in [2.45, 2.75) is 6.54 Å². The summed E-state index contributed by atoms with van der Waals surface area (Å²) in [6, 6.07) is 22.0. The Hall–Kier alpha value is -2.50. The number of hydrogen-bond donors (Lipinski definition) is 1. The average molecular weight is 293 g/mol. The second-order valence-corrected chi connectivity index (χ2v) is 5.25. The van der Waals surface area contributed by atoms with E-state index in [0.717, 1.165) is 5.69 Å². The molecule has 0 saturated carbocycles. The summed E-state index contributed by atoms with van der Waals surface area (Å²) in [5.41, 5.74) is 2.55. The third-order valence-corrected chi connectivity index (χ3v) is 3.72. The molecular formula is C18H13ClN2. The number of nitrogens with zero attached hydrogens (tertiary/aromatic N) is 1. The first-order valence-electron chi connectivity index (χ1n) is 6.67. The van der Waals surface area contributed by atoms with Crippen molar-refractivity contribution in [1.82, 2.24) is 0 Å². The van der Waals surface area contributed by atoms with Crippen molar-refractivity contribution < 1.29 is 0 Å². The first-order valence-corrected chi connectivity index (χ1v) is 7.05. The van der Waals surface area contributed by atoms with Gasteiger partial charge in [0.2, 0.25) is 0 Å². The van der Waals surface area contributed by atoms with E-state index in [0.29, 0.717) is 17.1 Å². The van der Waals surface area contributed by atoms with E-state index in [1.54, 1.807) is 18.2 Å². The van der Waals surface area contributed by atoms with Crippen molar-refractivity contribution in [2.24, 2.45) is 0 Å². The van der Waals surface area contributed by atoms with Gasteiger partial charge in [-0.05, 0) is 40.6 Å². The third kappa shape index (κ3) is 2.99. The second-order valence-electron chi connectivity index (χ2n) is 4.84. The monoisotopic (exact) mass is 292 g/mol. The molecule has 0 heterocycles. The summed E-state index contributed by atoms with van der Waals surface area (Å²) < 4.78 is 0. The topological polar surface area (TPSA) is 35.8 Å². The van der Waals surface area contributed by atoms with Crippen molar-refractivity contribution in [1.29, 1.82) is 5.26 Å². The molecule has 0 aromatic heterocycles. The molecule has 0 spiro atoms. The third-order valence-electron chi connectivity index (χ3n) is 3.39. The minimum Gasteiger partial charge on any atom is -0.380 e. The van der Waals surface area contributed by atoms with Gasteiger partial charge in [-0.15, -0.1) is 0 Å². The minimum atomic E-state index is 0.598. The Bertz CT molecular complexity index is 834. The quantitative estimate of drug-likeness (QED) is 0.739. The van der Waals surface area contributed by atoms with Crippen LogP contribution in [0.25, 0.3) is 10.8 Å². The van der Waals surface area contributed by atoms with E-state index in [1.165, 1.54) is 16.3 Å². The molecule has 2 nitrogen and oxygen atoms in total. The standard InChI is InChI=1S/C18H13ClN2/c19-17-8-6-13(11-20)10-18(17)21-12-14-5-7-15-3-1-2-4-16(15)9-14/h1-10,21H,12H2. The smallest absolute Gasteiger partial charge is 0.0992 e. The summed E-state index contributed by atoms with van der Waals surface area (Å²) in [7, 11) is 0. The number of fused-ring (bicyclic) bond motifs is 1. The lowest BCUT2D eigenvalue weighted by Crippen LogP contribution is -2.00. The second kappa shape index (κ2) is 5.87. The Kier molecular flexibility index (Phi) is 3.77. The minimum absolute atomic E-state index is 0.598. The van der Waals surface area contributed by atoms with Gasteiger partial charge in [-0.25, -0.2) is 0 Å². The fourth-order valence-electron chi connectivity index (χ4n) is 2.28. The van der Waals surface area contributed by atoms with Gasteiger partial charge in [0, 0.05) is 6.54 Å². The van der Waals surface area contributed by atoms with Crippen LogP contribution in [-0.2, 0) is 6.54 Å². The average Bonchev–Trinajstić information content (AvgIpc) is 2.54. The number of hydrogen-bond acceptors (Lipinski definition) is 2. The normalized spacial score (nSPS) is 10.3. The van der Waals surface area contributed by atoms with E-state index in [-0.39, 0.29) is 0 Å². The van der Waals surface area contributed by atoms with Gasteiger partial charge in [-0.3, -0.25) is 0 Å². The van der Waals surface area contributed by atoms with Gasteiger partial charge >= 0.3 is 0 Å². The van der Waals surface area contributed by atoms with Gasteiger partial charge in [0.25, 0.3) is 0 Å². The molecule has 0 fully saturated rings. The Balaban J connectivity index is 1.82. The maximum atomic E-state index is 8.94. The van der Waals surface area contributed by atoms with Gasteiger partial charge in [0.05, 0.1) is 22.3 Å². The largest absolute Gasteiger partial charge is 0.380 e. The zero-order valence-electron chi connectivity index (χ0n) is 11.3. The Morgan fingerprint density at radius 2 is 1.76 bits per heavy atom. The summed E-state index contributed by atoms with van der Waals surface area (Å²) in [5.74, 6) is 0. The Morgan fingerprint density at radius 1 is 0.952 bits per heavy atom. The van der Waals surface area contributed by atoms with Crippen molar-refractivity contribution in [3.05, 3.63) is 76.8 Å². The fraction of sp³-hybridized carbons (Fsp3) is 0.0556. The zero-order chi connectivity index (χ0) is 14.7. The summed E-state index contributed by atoms with van der Waals surface area (Å²) in [6.07, 6.45) is 0. The van der Waals surface area contributed by atoms with Crippen LogP contribution in [0, 0.1) is 11.3 Å². The molecule has 0 unspecified atom stereocenters. The number of anilines is 1. The summed E-state index contributed by atoms with van der Waals surface area (Å²) in [4.78, 5) is 0. The maximum Gasteiger partial charge on any atom is 0.0992 e. The predicted molar refractivity (Wildman–Crippen MR) is 87.4 cm³/mol. The van der Waals surface area contributed by atoms with E-state index >= 15 is 0 Å². The number of nitrogens with one attached hydrogen (secondary N) is 1. The molecule has 0 radical (unpaired) electrons. The van der Waals surface area contributed by atoms with E-state index < -0.39 is 0 Å². The number of nitriles is 1. The highest BCUT2D eigenvalue weighted by atomic mass is 35.5. The molecule has 21 heavy (non-hydrogen) atoms. The van der Waals surface area contributed by atoms with Crippen LogP contribution in [0.4, 0.5) is 5.69 Å². The lowest BCUT2D eigenvalue weighted by atomic mass is 10.1. The summed E-state index contributed by atoms with van der Waals surface area (Å²) in [5, 5.41) is 15.3. The lowest BCUT2D eigenvalue weighted by molar-refractivity contribution is 1.15. The molecule has 3 aromatic rings. The van der Waals surface area contributed by atoms with Crippen LogP contribution < -0.4 is 5.32 Å². The molecule has 0 bridgehead atoms. The molecule has 3 heteroatoms. The van der Waals surface area contributed by atoms with Crippen molar-refractivity contribution in [3.63, 3.8) is 0 Å². The van der Waals surface area contributed by atoms with E-state index in [4.69, 9.17) is 16.9 Å². The van der Waals surface area contributed by atoms with Crippen LogP contribution in [0.1, 0.15) is 11.1 Å². The highest BCUT2D eigenvalue weighted by molar-refractivity contribution is 6.33. The first-order chi connectivity index (χ1) is 10.3. The zero-order valence-corrected chi connectivity index (χ0v) is 12.1. The van der Waals surface area contributed by atoms with Crippen molar-refractivity contribution in [3.8, 4) is 6.07 Å². The van der Waals surface area contributed by atoms with Crippen LogP contribution >= 0.6 is 11.6 Å². The predicted octanol–water partition coefficient (Wildman–Crippen LogP) is 4.98. The van der Waals surface area contributed by atoms with Crippen LogP contribution in [0.3, 0.4) is 0 Å². The van der Waals surface area contributed by atoms with Crippen molar-refractivity contribution in [2.75, 3.05) is 5.32 Å². The molecule has 1 N–H and O–H groups in total. The van der Waals surface area contributed by atoms with Gasteiger partial charge < -0.3 is 5.32 Å². The van der Waals surface area contributed by atoms with Gasteiger partial charge in [0.15, 0.2) is 0 Å². The van der Waals surface area contributed by atoms with Crippen molar-refractivity contribution >= 4 is 28.1 Å². The van der Waals surface area contributed by atoms with E-state index in [2.05, 4.69) is 41.7 Å². The molecule has 0 aliphatic heterocycles. The molecule has 0 aliphatic rings. The van der Waals surface area contributed by atoms with Crippen LogP contribution in [-0.4, -0.2) is 0 Å². The summed E-state index contributed by atoms with van der Waals surface area (Å²) >= 11 is 6.14. The molecule has 3 rings (SSSR count). The van der Waals surface area contributed by atoms with Crippen LogP contribution in [0.2, 0.25) is 5.02 Å². The SMILES string of the molecule is N#Cc1ccc(Cl)c(NCc2ccc3ccccc3c2)c1.